The Balaban J connectivity index is 2.50. The Morgan fingerprint density at radius 1 is 1.60 bits per heavy atom. The number of terminal acetylenes is 1. The van der Waals surface area contributed by atoms with Crippen LogP contribution in [0.2, 0.25) is 0 Å². The summed E-state index contributed by atoms with van der Waals surface area (Å²) in [6, 6.07) is 0.162. The molecule has 1 N–H and O–H groups in total. The molecule has 0 saturated heterocycles. The molecule has 0 spiro atoms. The number of hydrogen-bond donors (Lipinski definition) is 1. The van der Waals surface area contributed by atoms with Crippen LogP contribution in [0.3, 0.4) is 0 Å². The summed E-state index contributed by atoms with van der Waals surface area (Å²) >= 11 is 0. The summed E-state index contributed by atoms with van der Waals surface area (Å²) in [5.74, 6) is 2.72. The van der Waals surface area contributed by atoms with Crippen LogP contribution < -0.4 is 5.32 Å². The summed E-state index contributed by atoms with van der Waals surface area (Å²) in [5.41, 5.74) is 1.20. The van der Waals surface area contributed by atoms with Gasteiger partial charge in [-0.15, -0.1) is 6.42 Å². The molecule has 0 radical (unpaired) electrons. The van der Waals surface area contributed by atoms with Crippen molar-refractivity contribution in [3.63, 3.8) is 0 Å². The van der Waals surface area contributed by atoms with Gasteiger partial charge < -0.3 is 4.57 Å². The quantitative estimate of drug-likeness (QED) is 0.718. The van der Waals surface area contributed by atoms with Crippen molar-refractivity contribution in [1.82, 2.24) is 14.9 Å². The predicted octanol–water partition coefficient (Wildman–Crippen LogP) is 1.79. The van der Waals surface area contributed by atoms with Crippen LogP contribution in [0.4, 0.5) is 0 Å². The molecule has 82 valence electrons. The molecule has 1 unspecified atom stereocenters. The van der Waals surface area contributed by atoms with E-state index < -0.39 is 0 Å². The SMILES string of the molecule is C#CC(CC)NCc1cncn1CCC. The summed E-state index contributed by atoms with van der Waals surface area (Å²) in [4.78, 5) is 4.14. The van der Waals surface area contributed by atoms with Crippen molar-refractivity contribution in [3.05, 3.63) is 18.2 Å². The highest BCUT2D eigenvalue weighted by Crippen LogP contribution is 2.01. The first-order valence-corrected chi connectivity index (χ1v) is 5.50. The lowest BCUT2D eigenvalue weighted by Crippen LogP contribution is -2.27. The van der Waals surface area contributed by atoms with Crippen LogP contribution >= 0.6 is 0 Å². The molecule has 0 fully saturated rings. The van der Waals surface area contributed by atoms with Gasteiger partial charge in [-0.3, -0.25) is 5.32 Å². The molecule has 0 aliphatic heterocycles. The zero-order chi connectivity index (χ0) is 11.1. The molecule has 1 atom stereocenters. The second-order valence-corrected chi connectivity index (χ2v) is 3.59. The Hall–Kier alpha value is -1.27. The second-order valence-electron chi connectivity index (χ2n) is 3.59. The number of imidazole rings is 1. The number of nitrogens with zero attached hydrogens (tertiary/aromatic N) is 2. The minimum absolute atomic E-state index is 0.162. The standard InChI is InChI=1S/C12H19N3/c1-4-7-15-10-13-8-12(15)9-14-11(5-2)6-3/h2,8,10-11,14H,4,6-7,9H2,1,3H3. The van der Waals surface area contributed by atoms with E-state index in [0.717, 1.165) is 25.9 Å². The van der Waals surface area contributed by atoms with Crippen molar-refractivity contribution in [1.29, 1.82) is 0 Å². The molecule has 3 heteroatoms. The number of aryl methyl sites for hydroxylation is 1. The summed E-state index contributed by atoms with van der Waals surface area (Å²) in [6.45, 7) is 6.06. The Morgan fingerprint density at radius 2 is 2.40 bits per heavy atom. The molecule has 3 nitrogen and oxygen atoms in total. The largest absolute Gasteiger partial charge is 0.333 e. The average Bonchev–Trinajstić information content (AvgIpc) is 2.68. The molecule has 1 rings (SSSR count). The lowest BCUT2D eigenvalue weighted by molar-refractivity contribution is 0.555. The maximum Gasteiger partial charge on any atom is 0.0948 e. The summed E-state index contributed by atoms with van der Waals surface area (Å²) in [6.07, 6.45) is 11.2. The zero-order valence-corrected chi connectivity index (χ0v) is 9.53. The van der Waals surface area contributed by atoms with Gasteiger partial charge in [-0.25, -0.2) is 4.98 Å². The first-order valence-electron chi connectivity index (χ1n) is 5.50. The second kappa shape index (κ2) is 6.26. The van der Waals surface area contributed by atoms with Crippen LogP contribution in [0.1, 0.15) is 32.4 Å². The Labute approximate surface area is 91.9 Å². The maximum absolute atomic E-state index is 5.38. The van der Waals surface area contributed by atoms with Gasteiger partial charge in [0, 0.05) is 19.3 Å². The van der Waals surface area contributed by atoms with Crippen molar-refractivity contribution in [2.45, 2.75) is 45.8 Å². The van der Waals surface area contributed by atoms with Crippen LogP contribution in [0.25, 0.3) is 0 Å². The lowest BCUT2D eigenvalue weighted by atomic mass is 10.2. The number of nitrogens with one attached hydrogen (secondary N) is 1. The van der Waals surface area contributed by atoms with Gasteiger partial charge in [0.05, 0.1) is 18.1 Å². The number of aromatic nitrogens is 2. The van der Waals surface area contributed by atoms with E-state index >= 15 is 0 Å². The molecule has 0 saturated carbocycles. The number of hydrogen-bond acceptors (Lipinski definition) is 2. The Bertz CT molecular complexity index is 322. The van der Waals surface area contributed by atoms with Gasteiger partial charge in [-0.05, 0) is 12.8 Å². The summed E-state index contributed by atoms with van der Waals surface area (Å²) in [7, 11) is 0. The fourth-order valence-electron chi connectivity index (χ4n) is 1.49. The van der Waals surface area contributed by atoms with Crippen molar-refractivity contribution >= 4 is 0 Å². The summed E-state index contributed by atoms with van der Waals surface area (Å²) < 4.78 is 2.16. The van der Waals surface area contributed by atoms with Crippen LogP contribution in [-0.4, -0.2) is 15.6 Å². The van der Waals surface area contributed by atoms with Crippen molar-refractivity contribution < 1.29 is 0 Å². The molecule has 1 aromatic rings. The van der Waals surface area contributed by atoms with Gasteiger partial charge in [0.25, 0.3) is 0 Å². The average molecular weight is 205 g/mol. The minimum Gasteiger partial charge on any atom is -0.333 e. The third kappa shape index (κ3) is 3.41. The van der Waals surface area contributed by atoms with Gasteiger partial charge in [-0.2, -0.15) is 0 Å². The molecule has 1 heterocycles. The topological polar surface area (TPSA) is 29.9 Å². The van der Waals surface area contributed by atoms with E-state index in [1.807, 2.05) is 12.5 Å². The van der Waals surface area contributed by atoms with E-state index in [-0.39, 0.29) is 6.04 Å². The molecule has 0 aliphatic carbocycles. The Kier molecular flexibility index (Phi) is 4.92. The third-order valence-electron chi connectivity index (χ3n) is 2.40. The van der Waals surface area contributed by atoms with E-state index in [4.69, 9.17) is 6.42 Å². The highest BCUT2D eigenvalue weighted by molar-refractivity contribution is 5.02. The third-order valence-corrected chi connectivity index (χ3v) is 2.40. The fourth-order valence-corrected chi connectivity index (χ4v) is 1.49. The van der Waals surface area contributed by atoms with E-state index in [9.17, 15) is 0 Å². The first-order chi connectivity index (χ1) is 7.31. The minimum atomic E-state index is 0.162. The van der Waals surface area contributed by atoms with Crippen LogP contribution in [-0.2, 0) is 13.1 Å². The van der Waals surface area contributed by atoms with Gasteiger partial charge in [0.15, 0.2) is 0 Å². The van der Waals surface area contributed by atoms with E-state index in [0.29, 0.717) is 0 Å². The highest BCUT2D eigenvalue weighted by Gasteiger charge is 2.04. The summed E-state index contributed by atoms with van der Waals surface area (Å²) in [5, 5.41) is 3.32. The van der Waals surface area contributed by atoms with Gasteiger partial charge in [0.1, 0.15) is 0 Å². The smallest absolute Gasteiger partial charge is 0.0948 e. The normalized spacial score (nSPS) is 12.3. The molecule has 1 aromatic heterocycles. The predicted molar refractivity (Wildman–Crippen MR) is 62.3 cm³/mol. The van der Waals surface area contributed by atoms with E-state index in [2.05, 4.69) is 34.6 Å². The fraction of sp³-hybridized carbons (Fsp3) is 0.583. The van der Waals surface area contributed by atoms with Crippen LogP contribution in [0, 0.1) is 12.3 Å². The van der Waals surface area contributed by atoms with Crippen molar-refractivity contribution in [2.75, 3.05) is 0 Å². The van der Waals surface area contributed by atoms with E-state index in [1.54, 1.807) is 0 Å². The van der Waals surface area contributed by atoms with Crippen LogP contribution in [0.5, 0.6) is 0 Å². The maximum atomic E-state index is 5.38. The van der Waals surface area contributed by atoms with E-state index in [1.165, 1.54) is 5.69 Å². The van der Waals surface area contributed by atoms with Crippen molar-refractivity contribution in [3.8, 4) is 12.3 Å². The van der Waals surface area contributed by atoms with Crippen LogP contribution in [0.15, 0.2) is 12.5 Å². The first kappa shape index (κ1) is 11.8. The van der Waals surface area contributed by atoms with Gasteiger partial charge >= 0.3 is 0 Å². The molecule has 0 aliphatic rings. The molecule has 15 heavy (non-hydrogen) atoms. The molecule has 0 amide bonds. The number of rotatable bonds is 6. The zero-order valence-electron chi connectivity index (χ0n) is 9.53. The molecular weight excluding hydrogens is 186 g/mol. The highest BCUT2D eigenvalue weighted by atomic mass is 15.1. The van der Waals surface area contributed by atoms with Crippen molar-refractivity contribution in [2.24, 2.45) is 0 Å². The Morgan fingerprint density at radius 3 is 3.00 bits per heavy atom. The molecule has 0 bridgehead atoms. The molecule has 0 aromatic carbocycles. The lowest BCUT2D eigenvalue weighted by Gasteiger charge is -2.11. The van der Waals surface area contributed by atoms with Gasteiger partial charge in [-0.1, -0.05) is 19.8 Å². The monoisotopic (exact) mass is 205 g/mol. The molecular formula is C12H19N3. The van der Waals surface area contributed by atoms with Gasteiger partial charge in [0.2, 0.25) is 0 Å².